The number of aliphatic carboxylic acids is 1. The van der Waals surface area contributed by atoms with Gasteiger partial charge in [-0.2, -0.15) is 4.39 Å². The molecule has 0 saturated carbocycles. The lowest BCUT2D eigenvalue weighted by molar-refractivity contribution is -0.387. The number of aromatic nitrogens is 1. The van der Waals surface area contributed by atoms with Crippen LogP contribution in [0.3, 0.4) is 0 Å². The summed E-state index contributed by atoms with van der Waals surface area (Å²) in [6.45, 7) is 0. The van der Waals surface area contributed by atoms with E-state index in [0.717, 1.165) is 0 Å². The second-order valence-corrected chi connectivity index (χ2v) is 2.96. The van der Waals surface area contributed by atoms with Gasteiger partial charge in [0, 0.05) is 6.20 Å². The van der Waals surface area contributed by atoms with E-state index < -0.39 is 46.5 Å². The molecule has 0 unspecified atom stereocenters. The molecule has 0 amide bonds. The lowest BCUT2D eigenvalue weighted by Crippen LogP contribution is -2.09. The average molecular weight is 250 g/mol. The van der Waals surface area contributed by atoms with Crippen molar-refractivity contribution in [1.82, 2.24) is 4.98 Å². The van der Waals surface area contributed by atoms with Crippen LogP contribution in [0.5, 0.6) is 0 Å². The molecule has 0 aliphatic heterocycles. The van der Waals surface area contributed by atoms with E-state index in [0.29, 0.717) is 6.20 Å². The first-order valence-electron chi connectivity index (χ1n) is 4.16. The van der Waals surface area contributed by atoms with Crippen LogP contribution in [-0.4, -0.2) is 21.0 Å². The van der Waals surface area contributed by atoms with Crippen molar-refractivity contribution in [2.45, 2.75) is 12.8 Å². The van der Waals surface area contributed by atoms with Crippen LogP contribution in [0.25, 0.3) is 0 Å². The molecule has 1 aromatic heterocycles. The summed E-state index contributed by atoms with van der Waals surface area (Å²) < 4.78 is 37.8. The number of hydrogen-bond donors (Lipinski definition) is 1. The van der Waals surface area contributed by atoms with Gasteiger partial charge in [-0.25, -0.2) is 13.8 Å². The maximum Gasteiger partial charge on any atom is 0.308 e. The van der Waals surface area contributed by atoms with E-state index in [1.54, 1.807) is 0 Å². The van der Waals surface area contributed by atoms with Crippen LogP contribution < -0.4 is 0 Å². The first kappa shape index (κ1) is 12.9. The minimum absolute atomic E-state index is 0.563. The van der Waals surface area contributed by atoms with Gasteiger partial charge in [-0.15, -0.1) is 0 Å². The summed E-state index contributed by atoms with van der Waals surface area (Å²) in [5.74, 6) is -3.15. The van der Waals surface area contributed by atoms with E-state index in [9.17, 15) is 28.1 Å². The maximum atomic E-state index is 12.9. The predicted molar refractivity (Wildman–Crippen MR) is 47.1 cm³/mol. The lowest BCUT2D eigenvalue weighted by Gasteiger charge is -2.06. The molecule has 1 rings (SSSR count). The molecular weight excluding hydrogens is 245 g/mol. The number of alkyl halides is 2. The van der Waals surface area contributed by atoms with Crippen LogP contribution in [0.2, 0.25) is 0 Å². The van der Waals surface area contributed by atoms with Crippen LogP contribution in [0.15, 0.2) is 6.20 Å². The summed E-state index contributed by atoms with van der Waals surface area (Å²) in [4.78, 5) is 22.6. The molecule has 0 atom stereocenters. The number of nitrogens with zero attached hydrogens (tertiary/aromatic N) is 2. The molecular formula is C8H5F3N2O4. The first-order chi connectivity index (χ1) is 7.84. The molecule has 0 aliphatic carbocycles. The fourth-order valence-electron chi connectivity index (χ4n) is 1.24. The summed E-state index contributed by atoms with van der Waals surface area (Å²) in [6.07, 6.45) is -3.77. The molecule has 0 spiro atoms. The minimum atomic E-state index is -3.45. The van der Waals surface area contributed by atoms with E-state index in [2.05, 4.69) is 4.98 Å². The van der Waals surface area contributed by atoms with Crippen LogP contribution >= 0.6 is 0 Å². The number of hydrogen-bond acceptors (Lipinski definition) is 4. The van der Waals surface area contributed by atoms with Gasteiger partial charge in [0.05, 0.1) is 16.9 Å². The van der Waals surface area contributed by atoms with E-state index >= 15 is 0 Å². The summed E-state index contributed by atoms with van der Waals surface area (Å²) in [5.41, 5.74) is -3.30. The van der Waals surface area contributed by atoms with Crippen LogP contribution in [0, 0.1) is 16.1 Å². The molecule has 6 nitrogen and oxygen atoms in total. The van der Waals surface area contributed by atoms with E-state index in [1.807, 2.05) is 0 Å². The zero-order valence-corrected chi connectivity index (χ0v) is 8.06. The molecule has 9 heteroatoms. The van der Waals surface area contributed by atoms with Gasteiger partial charge >= 0.3 is 5.97 Å². The Bertz CT molecular complexity index is 478. The molecule has 17 heavy (non-hydrogen) atoms. The predicted octanol–water partition coefficient (Wildman–Crippen LogP) is 1.69. The highest BCUT2D eigenvalue weighted by molar-refractivity contribution is 5.72. The van der Waals surface area contributed by atoms with Gasteiger partial charge in [0.25, 0.3) is 12.1 Å². The number of halogens is 3. The van der Waals surface area contributed by atoms with Crippen molar-refractivity contribution >= 4 is 11.7 Å². The zero-order valence-electron chi connectivity index (χ0n) is 8.06. The van der Waals surface area contributed by atoms with Crippen molar-refractivity contribution in [2.75, 3.05) is 0 Å². The Morgan fingerprint density at radius 1 is 1.59 bits per heavy atom. The van der Waals surface area contributed by atoms with Gasteiger partial charge in [0.1, 0.15) is 0 Å². The van der Waals surface area contributed by atoms with Crippen LogP contribution in [0.4, 0.5) is 18.9 Å². The number of carboxylic acids is 1. The fourth-order valence-corrected chi connectivity index (χ4v) is 1.24. The van der Waals surface area contributed by atoms with Gasteiger partial charge in [-0.05, 0) is 0 Å². The Kier molecular flexibility index (Phi) is 3.61. The smallest absolute Gasteiger partial charge is 0.308 e. The van der Waals surface area contributed by atoms with Crippen molar-refractivity contribution in [3.63, 3.8) is 0 Å². The van der Waals surface area contributed by atoms with E-state index in [4.69, 9.17) is 5.11 Å². The highest BCUT2D eigenvalue weighted by atomic mass is 19.3. The lowest BCUT2D eigenvalue weighted by atomic mass is 10.1. The maximum absolute atomic E-state index is 12.9. The van der Waals surface area contributed by atoms with Crippen molar-refractivity contribution in [3.8, 4) is 0 Å². The van der Waals surface area contributed by atoms with Gasteiger partial charge < -0.3 is 5.11 Å². The number of carboxylic acid groups (broad SMARTS) is 1. The topological polar surface area (TPSA) is 93.3 Å². The highest BCUT2D eigenvalue weighted by Gasteiger charge is 2.31. The van der Waals surface area contributed by atoms with Gasteiger partial charge in [0.2, 0.25) is 5.95 Å². The highest BCUT2D eigenvalue weighted by Crippen LogP contribution is 2.33. The van der Waals surface area contributed by atoms with Crippen molar-refractivity contribution < 1.29 is 28.0 Å². The Labute approximate surface area is 91.9 Å². The van der Waals surface area contributed by atoms with E-state index in [-0.39, 0.29) is 0 Å². The molecule has 1 aromatic rings. The standard InChI is InChI=1S/C8H5F3N2O4/c9-7(10)5-6(13(16)17)3(1-4(14)15)2-12-8(5)11/h2,7H,1H2,(H,14,15). The fraction of sp³-hybridized carbons (Fsp3) is 0.250. The Hall–Kier alpha value is -2.19. The summed E-state index contributed by atoms with van der Waals surface area (Å²) in [7, 11) is 0. The second kappa shape index (κ2) is 4.76. The van der Waals surface area contributed by atoms with Gasteiger partial charge in [-0.3, -0.25) is 14.9 Å². The molecule has 0 fully saturated rings. The normalized spacial score (nSPS) is 10.6. The minimum Gasteiger partial charge on any atom is -0.481 e. The third-order valence-corrected chi connectivity index (χ3v) is 1.86. The Balaban J connectivity index is 3.47. The SMILES string of the molecule is O=C(O)Cc1cnc(F)c(C(F)F)c1[N+](=O)[O-]. The molecule has 1 N–H and O–H groups in total. The largest absolute Gasteiger partial charge is 0.481 e. The Morgan fingerprint density at radius 3 is 2.59 bits per heavy atom. The molecule has 92 valence electrons. The van der Waals surface area contributed by atoms with Gasteiger partial charge in [0.15, 0.2) is 5.56 Å². The zero-order chi connectivity index (χ0) is 13.2. The molecule has 0 saturated heterocycles. The van der Waals surface area contributed by atoms with E-state index in [1.165, 1.54) is 0 Å². The Morgan fingerprint density at radius 2 is 2.18 bits per heavy atom. The first-order valence-corrected chi connectivity index (χ1v) is 4.16. The van der Waals surface area contributed by atoms with Crippen LogP contribution in [0.1, 0.15) is 17.6 Å². The quantitative estimate of drug-likeness (QED) is 0.498. The monoisotopic (exact) mass is 250 g/mol. The number of rotatable bonds is 4. The second-order valence-electron chi connectivity index (χ2n) is 2.96. The van der Waals surface area contributed by atoms with Crippen LogP contribution in [-0.2, 0) is 11.2 Å². The van der Waals surface area contributed by atoms with Crippen molar-refractivity contribution in [1.29, 1.82) is 0 Å². The average Bonchev–Trinajstić information content (AvgIpc) is 2.18. The molecule has 0 aromatic carbocycles. The van der Waals surface area contributed by atoms with Gasteiger partial charge in [-0.1, -0.05) is 0 Å². The third-order valence-electron chi connectivity index (χ3n) is 1.86. The van der Waals surface area contributed by atoms with Crippen molar-refractivity contribution in [2.24, 2.45) is 0 Å². The summed E-state index contributed by atoms with van der Waals surface area (Å²) >= 11 is 0. The number of nitro groups is 1. The molecule has 0 radical (unpaired) electrons. The molecule has 1 heterocycles. The molecule has 0 aliphatic rings. The third kappa shape index (κ3) is 2.68. The number of pyridine rings is 1. The number of carbonyl (C=O) groups is 1. The summed E-state index contributed by atoms with van der Waals surface area (Å²) in [6, 6.07) is 0. The molecule has 0 bridgehead atoms. The van der Waals surface area contributed by atoms with Crippen molar-refractivity contribution in [3.05, 3.63) is 33.4 Å². The summed E-state index contributed by atoms with van der Waals surface area (Å²) in [5, 5.41) is 19.0.